The topological polar surface area (TPSA) is 49.3 Å². The van der Waals surface area contributed by atoms with E-state index in [1.54, 1.807) is 11.3 Å². The highest BCUT2D eigenvalue weighted by Crippen LogP contribution is 2.30. The molecule has 3 unspecified atom stereocenters. The van der Waals surface area contributed by atoms with Gasteiger partial charge in [-0.05, 0) is 55.2 Å². The zero-order chi connectivity index (χ0) is 16.2. The number of hydrogen-bond donors (Lipinski definition) is 2. The number of aliphatic hydroxyl groups excluding tert-OH is 1. The molecule has 0 aliphatic heterocycles. The van der Waals surface area contributed by atoms with E-state index in [1.807, 2.05) is 18.2 Å². The second kappa shape index (κ2) is 7.28. The van der Waals surface area contributed by atoms with E-state index in [-0.39, 0.29) is 17.9 Å². The van der Waals surface area contributed by atoms with Gasteiger partial charge in [-0.2, -0.15) is 0 Å². The van der Waals surface area contributed by atoms with Crippen LogP contribution in [0.15, 0.2) is 41.8 Å². The predicted octanol–water partition coefficient (Wildman–Crippen LogP) is 3.62. The van der Waals surface area contributed by atoms with E-state index < -0.39 is 6.10 Å². The van der Waals surface area contributed by atoms with Gasteiger partial charge >= 0.3 is 0 Å². The lowest BCUT2D eigenvalue weighted by Gasteiger charge is -2.22. The lowest BCUT2D eigenvalue weighted by atomic mass is 10.00. The van der Waals surface area contributed by atoms with Crippen LogP contribution >= 0.6 is 11.3 Å². The Morgan fingerprint density at radius 2 is 2.09 bits per heavy atom. The van der Waals surface area contributed by atoms with Gasteiger partial charge in [0.2, 0.25) is 5.91 Å². The van der Waals surface area contributed by atoms with Gasteiger partial charge in [0.05, 0.1) is 18.1 Å². The summed E-state index contributed by atoms with van der Waals surface area (Å²) in [7, 11) is 0. The van der Waals surface area contributed by atoms with Gasteiger partial charge in [0.25, 0.3) is 0 Å². The molecule has 0 saturated heterocycles. The summed E-state index contributed by atoms with van der Waals surface area (Å²) < 4.78 is 0. The average Bonchev–Trinajstić information content (AvgIpc) is 3.16. The highest BCUT2D eigenvalue weighted by molar-refractivity contribution is 7.10. The van der Waals surface area contributed by atoms with Crippen LogP contribution in [0.3, 0.4) is 0 Å². The molecular weight excluding hydrogens is 306 g/mol. The highest BCUT2D eigenvalue weighted by Gasteiger charge is 2.33. The van der Waals surface area contributed by atoms with Crippen molar-refractivity contribution in [2.24, 2.45) is 5.92 Å². The molecule has 2 N–H and O–H groups in total. The minimum absolute atomic E-state index is 0.0104. The molecule has 2 aromatic rings. The molecular formula is C19H23NO2S. The summed E-state index contributed by atoms with van der Waals surface area (Å²) >= 11 is 1.68. The molecule has 1 heterocycles. The SMILES string of the molecule is Cc1ccsc1C(Cc1ccccc1)NC(=O)C1CCCC1O. The first-order valence-corrected chi connectivity index (χ1v) is 9.09. The van der Waals surface area contributed by atoms with Gasteiger partial charge in [-0.15, -0.1) is 11.3 Å². The first-order chi connectivity index (χ1) is 11.1. The summed E-state index contributed by atoms with van der Waals surface area (Å²) in [6.07, 6.45) is 2.74. The summed E-state index contributed by atoms with van der Waals surface area (Å²) in [6.45, 7) is 2.08. The molecule has 0 radical (unpaired) electrons. The summed E-state index contributed by atoms with van der Waals surface area (Å²) in [5.41, 5.74) is 2.42. The minimum atomic E-state index is -0.489. The van der Waals surface area contributed by atoms with E-state index in [0.717, 1.165) is 25.7 Å². The van der Waals surface area contributed by atoms with Gasteiger partial charge in [0.1, 0.15) is 0 Å². The molecule has 3 rings (SSSR count). The van der Waals surface area contributed by atoms with Crippen LogP contribution in [0.4, 0.5) is 0 Å². The van der Waals surface area contributed by atoms with Gasteiger partial charge in [0, 0.05) is 4.88 Å². The quantitative estimate of drug-likeness (QED) is 0.880. The first-order valence-electron chi connectivity index (χ1n) is 8.21. The van der Waals surface area contributed by atoms with Crippen molar-refractivity contribution in [2.45, 2.75) is 44.8 Å². The lowest BCUT2D eigenvalue weighted by molar-refractivity contribution is -0.128. The number of rotatable bonds is 5. The third-order valence-electron chi connectivity index (χ3n) is 4.63. The number of carbonyl (C=O) groups excluding carboxylic acids is 1. The molecule has 0 bridgehead atoms. The van der Waals surface area contributed by atoms with Gasteiger partial charge in [-0.3, -0.25) is 4.79 Å². The Hall–Kier alpha value is -1.65. The smallest absolute Gasteiger partial charge is 0.226 e. The van der Waals surface area contributed by atoms with E-state index in [4.69, 9.17) is 0 Å². The summed E-state index contributed by atoms with van der Waals surface area (Å²) in [5.74, 6) is -0.266. The number of aliphatic hydroxyl groups is 1. The summed E-state index contributed by atoms with van der Waals surface area (Å²) in [5, 5.41) is 15.3. The third kappa shape index (κ3) is 3.82. The van der Waals surface area contributed by atoms with Crippen LogP contribution in [-0.2, 0) is 11.2 Å². The molecule has 1 saturated carbocycles. The largest absolute Gasteiger partial charge is 0.392 e. The molecule has 23 heavy (non-hydrogen) atoms. The van der Waals surface area contributed by atoms with E-state index in [9.17, 15) is 9.90 Å². The number of benzene rings is 1. The number of amides is 1. The zero-order valence-corrected chi connectivity index (χ0v) is 14.2. The normalized spacial score (nSPS) is 22.0. The van der Waals surface area contributed by atoms with Crippen molar-refractivity contribution < 1.29 is 9.90 Å². The van der Waals surface area contributed by atoms with Crippen LogP contribution in [0.25, 0.3) is 0 Å². The van der Waals surface area contributed by atoms with E-state index in [0.29, 0.717) is 0 Å². The molecule has 1 aliphatic carbocycles. The van der Waals surface area contributed by atoms with E-state index in [2.05, 4.69) is 35.8 Å². The van der Waals surface area contributed by atoms with Crippen LogP contribution in [0.5, 0.6) is 0 Å². The number of nitrogens with one attached hydrogen (secondary N) is 1. The zero-order valence-electron chi connectivity index (χ0n) is 13.4. The summed E-state index contributed by atoms with van der Waals surface area (Å²) in [4.78, 5) is 13.8. The summed E-state index contributed by atoms with van der Waals surface area (Å²) in [6, 6.07) is 12.3. The second-order valence-corrected chi connectivity index (χ2v) is 7.27. The van der Waals surface area contributed by atoms with Crippen molar-refractivity contribution in [3.8, 4) is 0 Å². The maximum atomic E-state index is 12.6. The Labute approximate surface area is 141 Å². The van der Waals surface area contributed by atoms with Crippen LogP contribution in [0.1, 0.15) is 41.3 Å². The molecule has 4 heteroatoms. The standard InChI is InChI=1S/C19H23NO2S/c1-13-10-11-23-18(13)16(12-14-6-3-2-4-7-14)20-19(22)15-8-5-9-17(15)21/h2-4,6-7,10-11,15-17,21H,5,8-9,12H2,1H3,(H,20,22). The fourth-order valence-corrected chi connectivity index (χ4v) is 4.30. The minimum Gasteiger partial charge on any atom is -0.392 e. The molecule has 1 fully saturated rings. The van der Waals surface area contributed by atoms with E-state index >= 15 is 0 Å². The van der Waals surface area contributed by atoms with Crippen LogP contribution in [-0.4, -0.2) is 17.1 Å². The predicted molar refractivity (Wildman–Crippen MR) is 93.4 cm³/mol. The number of hydrogen-bond acceptors (Lipinski definition) is 3. The third-order valence-corrected chi connectivity index (χ3v) is 5.77. The molecule has 0 spiro atoms. The molecule has 1 aromatic carbocycles. The van der Waals surface area contributed by atoms with Crippen molar-refractivity contribution in [1.29, 1.82) is 0 Å². The molecule has 1 aliphatic rings. The molecule has 1 amide bonds. The Balaban J connectivity index is 1.78. The van der Waals surface area contributed by atoms with Gasteiger partial charge in [0.15, 0.2) is 0 Å². The molecule has 3 nitrogen and oxygen atoms in total. The lowest BCUT2D eigenvalue weighted by Crippen LogP contribution is -2.37. The number of thiophene rings is 1. The monoisotopic (exact) mass is 329 g/mol. The second-order valence-electron chi connectivity index (χ2n) is 6.32. The Morgan fingerprint density at radius 3 is 2.70 bits per heavy atom. The number of aryl methyl sites for hydroxylation is 1. The maximum Gasteiger partial charge on any atom is 0.226 e. The van der Waals surface area contributed by atoms with Gasteiger partial charge in [-0.25, -0.2) is 0 Å². The van der Waals surface area contributed by atoms with Crippen LogP contribution < -0.4 is 5.32 Å². The number of carbonyl (C=O) groups is 1. The molecule has 122 valence electrons. The first kappa shape index (κ1) is 16.2. The highest BCUT2D eigenvalue weighted by atomic mass is 32.1. The Morgan fingerprint density at radius 1 is 1.30 bits per heavy atom. The van der Waals surface area contributed by atoms with E-state index in [1.165, 1.54) is 16.0 Å². The van der Waals surface area contributed by atoms with Gasteiger partial charge < -0.3 is 10.4 Å². The fraction of sp³-hybridized carbons (Fsp3) is 0.421. The van der Waals surface area contributed by atoms with Gasteiger partial charge in [-0.1, -0.05) is 30.3 Å². The van der Waals surface area contributed by atoms with Crippen molar-refractivity contribution in [3.63, 3.8) is 0 Å². The van der Waals surface area contributed by atoms with Crippen molar-refractivity contribution in [2.75, 3.05) is 0 Å². The van der Waals surface area contributed by atoms with Crippen LogP contribution in [0, 0.1) is 12.8 Å². The molecule has 1 aromatic heterocycles. The van der Waals surface area contributed by atoms with Crippen molar-refractivity contribution in [3.05, 3.63) is 57.8 Å². The Bertz CT molecular complexity index is 652. The maximum absolute atomic E-state index is 12.6. The van der Waals surface area contributed by atoms with Crippen LogP contribution in [0.2, 0.25) is 0 Å². The van der Waals surface area contributed by atoms with Crippen molar-refractivity contribution in [1.82, 2.24) is 5.32 Å². The fourth-order valence-electron chi connectivity index (χ4n) is 3.33. The molecule has 3 atom stereocenters. The average molecular weight is 329 g/mol. The Kier molecular flexibility index (Phi) is 5.13. The van der Waals surface area contributed by atoms with Crippen molar-refractivity contribution >= 4 is 17.2 Å².